The summed E-state index contributed by atoms with van der Waals surface area (Å²) in [7, 11) is -13.9. The molecule has 0 atom stereocenters. The molecule has 5 nitrogen and oxygen atoms in total. The van der Waals surface area contributed by atoms with E-state index in [9.17, 15) is 43.2 Å². The van der Waals surface area contributed by atoms with Crippen LogP contribution in [0.1, 0.15) is 13.8 Å². The van der Waals surface area contributed by atoms with Gasteiger partial charge in [-0.1, -0.05) is 4.13 Å². The van der Waals surface area contributed by atoms with E-state index in [0.717, 1.165) is 5.92 Å². The van der Waals surface area contributed by atoms with Crippen molar-refractivity contribution in [2.45, 2.75) is 24.9 Å². The molecule has 0 aromatic rings. The number of nitrogens with one attached hydrogen (secondary N) is 1. The van der Waals surface area contributed by atoms with Gasteiger partial charge in [-0.2, -0.15) is 26.3 Å². The van der Waals surface area contributed by atoms with Crippen LogP contribution in [0.4, 0.5) is 26.3 Å². The van der Waals surface area contributed by atoms with Gasteiger partial charge in [-0.05, 0) is 0 Å². The summed E-state index contributed by atoms with van der Waals surface area (Å²) in [5.74, 6) is 0.904. The van der Waals surface area contributed by atoms with E-state index in [2.05, 4.69) is 33.8 Å². The third-order valence-corrected chi connectivity index (χ3v) is 6.86. The Hall–Kier alpha value is -0.130. The van der Waals surface area contributed by atoms with Crippen LogP contribution in [0.2, 0.25) is 0 Å². The molecule has 0 rings (SSSR count). The minimum Gasteiger partial charge on any atom is -0.202 e. The van der Waals surface area contributed by atoms with Crippen molar-refractivity contribution in [2.75, 3.05) is 26.2 Å². The van der Waals surface area contributed by atoms with E-state index in [-0.39, 0.29) is 0 Å². The van der Waals surface area contributed by atoms with Crippen molar-refractivity contribution in [1.82, 2.24) is 4.13 Å². The fraction of sp³-hybridized carbons (Fsp3) is 1.00. The molecule has 0 unspecified atom stereocenters. The van der Waals surface area contributed by atoms with Gasteiger partial charge in [0.15, 0.2) is 0 Å². The van der Waals surface area contributed by atoms with Gasteiger partial charge in [0.1, 0.15) is 0 Å². The monoisotopic (exact) mass is 415 g/mol. The molecule has 0 saturated carbocycles. The Bertz CT molecular complexity index is 533. The molecular formula is C9H20F6NO4PS2. The molecule has 0 heterocycles. The van der Waals surface area contributed by atoms with Crippen molar-refractivity contribution in [3.05, 3.63) is 0 Å². The molecule has 0 bridgehead atoms. The van der Waals surface area contributed by atoms with Crippen LogP contribution in [-0.4, -0.2) is 54.0 Å². The molecule has 0 fully saturated rings. The summed E-state index contributed by atoms with van der Waals surface area (Å²) in [6, 6.07) is 0. The van der Waals surface area contributed by atoms with E-state index in [4.69, 9.17) is 0 Å². The van der Waals surface area contributed by atoms with Crippen LogP contribution in [0.5, 0.6) is 0 Å². The molecule has 0 radical (unpaired) electrons. The maximum Gasteiger partial charge on any atom is 0.512 e. The molecule has 0 aliphatic heterocycles. The topological polar surface area (TPSA) is 80.3 Å². The molecule has 0 aromatic carbocycles. The van der Waals surface area contributed by atoms with Gasteiger partial charge in [0.05, 0.1) is 0 Å². The molecular weight excluding hydrogens is 395 g/mol. The summed E-state index contributed by atoms with van der Waals surface area (Å²) in [6.45, 7) is 11.9. The van der Waals surface area contributed by atoms with E-state index >= 15 is 0 Å². The van der Waals surface area contributed by atoms with Crippen LogP contribution in [0, 0.1) is 5.92 Å². The fourth-order valence-electron chi connectivity index (χ4n) is 1.46. The zero-order chi connectivity index (χ0) is 19.5. The first kappa shape index (κ1) is 25.1. The summed E-state index contributed by atoms with van der Waals surface area (Å²) >= 11 is 0. The Balaban J connectivity index is 0. The molecule has 0 aliphatic rings. The Morgan fingerprint density at radius 3 is 1.17 bits per heavy atom. The smallest absolute Gasteiger partial charge is 0.202 e. The fourth-order valence-corrected chi connectivity index (χ4v) is 5.82. The minimum atomic E-state index is -6.60. The van der Waals surface area contributed by atoms with E-state index in [1.165, 1.54) is 6.16 Å². The van der Waals surface area contributed by atoms with Gasteiger partial charge in [0, 0.05) is 0 Å². The molecule has 144 valence electrons. The van der Waals surface area contributed by atoms with Crippen molar-refractivity contribution >= 4 is 27.3 Å². The number of alkyl halides is 6. The van der Waals surface area contributed by atoms with Gasteiger partial charge in [-0.25, -0.2) is 16.8 Å². The molecule has 23 heavy (non-hydrogen) atoms. The zero-order valence-corrected chi connectivity index (χ0v) is 15.6. The summed E-state index contributed by atoms with van der Waals surface area (Å²) in [6.07, 6.45) is 1.47. The predicted molar refractivity (Wildman–Crippen MR) is 78.9 cm³/mol. The van der Waals surface area contributed by atoms with E-state index in [1.54, 1.807) is 0 Å². The second-order valence-corrected chi connectivity index (χ2v) is 15.3. The first-order valence-corrected chi connectivity index (χ1v) is 12.7. The van der Waals surface area contributed by atoms with E-state index in [1.807, 2.05) is 0 Å². The summed E-state index contributed by atoms with van der Waals surface area (Å²) in [4.78, 5) is 0. The predicted octanol–water partition coefficient (Wildman–Crippen LogP) is 2.56. The van der Waals surface area contributed by atoms with E-state index in [0.29, 0.717) is 0 Å². The van der Waals surface area contributed by atoms with Crippen molar-refractivity contribution in [1.29, 1.82) is 0 Å². The van der Waals surface area contributed by atoms with Gasteiger partial charge in [0.2, 0.25) is 0 Å². The van der Waals surface area contributed by atoms with Gasteiger partial charge in [0.25, 0.3) is 0 Å². The van der Waals surface area contributed by atoms with Gasteiger partial charge in [-0.15, -0.1) is 0 Å². The maximum atomic E-state index is 11.5. The minimum absolute atomic E-state index is 0.493. The first-order chi connectivity index (χ1) is 9.62. The molecule has 1 N–H and O–H groups in total. The summed E-state index contributed by atoms with van der Waals surface area (Å²) < 4.78 is 108. The second kappa shape index (κ2) is 7.83. The third-order valence-electron chi connectivity index (χ3n) is 1.85. The first-order valence-electron chi connectivity index (χ1n) is 6.03. The SMILES string of the molecule is CC(C)C[PH](C)(C)C.O=S(=O)(NS(=O)(=O)C(F)(F)F)C(F)(F)F. The quantitative estimate of drug-likeness (QED) is 0.565. The van der Waals surface area contributed by atoms with Gasteiger partial charge >= 0.3 is 84.2 Å². The molecule has 0 spiro atoms. The van der Waals surface area contributed by atoms with Crippen LogP contribution < -0.4 is 4.13 Å². The van der Waals surface area contributed by atoms with Crippen LogP contribution in [0.15, 0.2) is 0 Å². The van der Waals surface area contributed by atoms with Crippen LogP contribution >= 0.6 is 7.26 Å². The van der Waals surface area contributed by atoms with Crippen LogP contribution in [0.3, 0.4) is 0 Å². The molecule has 0 aromatic heterocycles. The average molecular weight is 415 g/mol. The Morgan fingerprint density at radius 2 is 1.09 bits per heavy atom. The zero-order valence-electron chi connectivity index (χ0n) is 13.0. The van der Waals surface area contributed by atoms with Crippen LogP contribution in [0.25, 0.3) is 0 Å². The number of hydrogen-bond donors (Lipinski definition) is 1. The van der Waals surface area contributed by atoms with E-state index < -0.39 is 42.5 Å². The largest absolute Gasteiger partial charge is 0.512 e. The van der Waals surface area contributed by atoms with Crippen molar-refractivity contribution < 1.29 is 43.2 Å². The number of halogens is 6. The molecule has 0 aliphatic carbocycles. The normalized spacial score (nSPS) is 15.1. The average Bonchev–Trinajstić information content (AvgIpc) is 2.07. The number of rotatable bonds is 4. The molecule has 0 saturated heterocycles. The Labute approximate surface area is 132 Å². The van der Waals surface area contributed by atoms with Gasteiger partial charge < -0.3 is 0 Å². The Kier molecular flexibility index (Phi) is 8.55. The molecule has 14 heteroatoms. The summed E-state index contributed by atoms with van der Waals surface area (Å²) in [5.41, 5.74) is -12.3. The molecule has 0 amide bonds. The third kappa shape index (κ3) is 10.4. The Morgan fingerprint density at radius 1 is 0.826 bits per heavy atom. The number of hydrogen-bond acceptors (Lipinski definition) is 4. The second-order valence-electron chi connectivity index (χ2n) is 6.14. The van der Waals surface area contributed by atoms with Gasteiger partial charge in [-0.3, -0.25) is 0 Å². The maximum absolute atomic E-state index is 11.5. The standard InChI is InChI=1S/C7H19P.C2HF6NO4S2/c1-7(2)6-8(3,4)5;3-1(4,5)14(10,11)9-15(12,13)2(6,7)8/h7-8H,6H2,1-5H3;9H. The number of sulfonamides is 2. The summed E-state index contributed by atoms with van der Waals surface area (Å²) in [5, 5.41) is 0. The van der Waals surface area contributed by atoms with Crippen molar-refractivity contribution in [3.63, 3.8) is 0 Å². The van der Waals surface area contributed by atoms with Crippen molar-refractivity contribution in [2.24, 2.45) is 5.92 Å². The van der Waals surface area contributed by atoms with Crippen molar-refractivity contribution in [3.8, 4) is 0 Å². The van der Waals surface area contributed by atoms with Crippen LogP contribution in [-0.2, 0) is 20.0 Å².